The van der Waals surface area contributed by atoms with Crippen LogP contribution in [-0.4, -0.2) is 47.5 Å². The Labute approximate surface area is 131 Å². The Hall–Kier alpha value is -1.21. The second kappa shape index (κ2) is 6.27. The second-order valence-electron chi connectivity index (χ2n) is 5.07. The number of thiophene rings is 1. The number of fused-ring (bicyclic) bond motifs is 1. The van der Waals surface area contributed by atoms with Gasteiger partial charge in [0.15, 0.2) is 16.6 Å². The Morgan fingerprint density at radius 1 is 1.48 bits per heavy atom. The summed E-state index contributed by atoms with van der Waals surface area (Å²) in [7, 11) is 0. The Morgan fingerprint density at radius 2 is 2.29 bits per heavy atom. The zero-order chi connectivity index (χ0) is 14.8. The van der Waals surface area contributed by atoms with E-state index in [0.717, 1.165) is 22.8 Å². The third-order valence-corrected chi connectivity index (χ3v) is 5.48. The van der Waals surface area contributed by atoms with Crippen molar-refractivity contribution in [1.29, 1.82) is 0 Å². The van der Waals surface area contributed by atoms with Crippen LogP contribution in [0.3, 0.4) is 0 Å². The molecule has 1 fully saturated rings. The number of carbonyl (C=O) groups is 2. The van der Waals surface area contributed by atoms with Crippen molar-refractivity contribution in [2.45, 2.75) is 25.0 Å². The number of hydrogen-bond acceptors (Lipinski definition) is 6. The average Bonchev–Trinajstić information content (AvgIpc) is 3.00. The van der Waals surface area contributed by atoms with Crippen LogP contribution < -0.4 is 9.47 Å². The van der Waals surface area contributed by atoms with E-state index in [0.29, 0.717) is 32.7 Å². The summed E-state index contributed by atoms with van der Waals surface area (Å²) in [4.78, 5) is 26.1. The second-order valence-corrected chi connectivity index (χ2v) is 7.52. The van der Waals surface area contributed by atoms with Gasteiger partial charge in [0.1, 0.15) is 13.2 Å². The molecule has 5 nitrogen and oxygen atoms in total. The molecule has 1 aromatic rings. The molecular weight excluding hydrogens is 310 g/mol. The molecule has 3 heterocycles. The highest BCUT2D eigenvalue weighted by Crippen LogP contribution is 2.39. The summed E-state index contributed by atoms with van der Waals surface area (Å²) in [5.74, 6) is 1.79. The van der Waals surface area contributed by atoms with Crippen molar-refractivity contribution in [3.8, 4) is 11.5 Å². The van der Waals surface area contributed by atoms with Crippen LogP contribution in [0.25, 0.3) is 0 Å². The summed E-state index contributed by atoms with van der Waals surface area (Å²) in [6, 6.07) is 0. The molecule has 0 saturated carbocycles. The summed E-state index contributed by atoms with van der Waals surface area (Å²) in [6.45, 7) is 4.06. The van der Waals surface area contributed by atoms with Gasteiger partial charge < -0.3 is 14.4 Å². The molecule has 0 aromatic carbocycles. The van der Waals surface area contributed by atoms with Crippen LogP contribution in [-0.2, 0) is 16.0 Å². The number of likely N-dealkylation sites (tertiary alicyclic amines) is 1. The monoisotopic (exact) mass is 327 g/mol. The first kappa shape index (κ1) is 14.7. The van der Waals surface area contributed by atoms with Crippen LogP contribution in [0.5, 0.6) is 11.5 Å². The van der Waals surface area contributed by atoms with Gasteiger partial charge in [0.05, 0.1) is 4.88 Å². The topological polar surface area (TPSA) is 55.8 Å². The molecule has 0 radical (unpaired) electrons. The fourth-order valence-corrected chi connectivity index (χ4v) is 4.44. The maximum Gasteiger partial charge on any atom is 0.223 e. The van der Waals surface area contributed by atoms with E-state index in [1.54, 1.807) is 18.3 Å². The predicted octanol–water partition coefficient (Wildman–Crippen LogP) is 1.94. The number of rotatable bonds is 4. The highest BCUT2D eigenvalue weighted by molar-refractivity contribution is 8.14. The molecular formula is C14H17NO4S2. The van der Waals surface area contributed by atoms with E-state index in [1.165, 1.54) is 11.8 Å². The highest BCUT2D eigenvalue weighted by atomic mass is 32.2. The Bertz CT molecular complexity index is 557. The lowest BCUT2D eigenvalue weighted by atomic mass is 10.3. The maximum absolute atomic E-state index is 12.0. The summed E-state index contributed by atoms with van der Waals surface area (Å²) in [6.07, 6.45) is 1.24. The number of amides is 1. The first-order valence-corrected chi connectivity index (χ1v) is 8.70. The third kappa shape index (κ3) is 3.35. The van der Waals surface area contributed by atoms with Crippen molar-refractivity contribution < 1.29 is 19.1 Å². The largest absolute Gasteiger partial charge is 0.485 e. The van der Waals surface area contributed by atoms with E-state index in [9.17, 15) is 9.59 Å². The average molecular weight is 327 g/mol. The van der Waals surface area contributed by atoms with E-state index in [2.05, 4.69) is 0 Å². The van der Waals surface area contributed by atoms with Crippen LogP contribution in [0, 0.1) is 0 Å². The molecule has 3 rings (SSSR count). The normalized spacial score (nSPS) is 20.9. The summed E-state index contributed by atoms with van der Waals surface area (Å²) in [5, 5.41) is 2.14. The molecule has 7 heteroatoms. The lowest BCUT2D eigenvalue weighted by Gasteiger charge is -2.18. The van der Waals surface area contributed by atoms with Gasteiger partial charge in [-0.25, -0.2) is 0 Å². The molecule has 0 bridgehead atoms. The van der Waals surface area contributed by atoms with Crippen LogP contribution in [0.15, 0.2) is 5.38 Å². The molecule has 21 heavy (non-hydrogen) atoms. The number of carbonyl (C=O) groups excluding carboxylic acids is 2. The molecule has 1 aromatic heterocycles. The predicted molar refractivity (Wildman–Crippen MR) is 82.3 cm³/mol. The van der Waals surface area contributed by atoms with Crippen LogP contribution >= 0.6 is 23.1 Å². The Kier molecular flexibility index (Phi) is 4.40. The van der Waals surface area contributed by atoms with Crippen LogP contribution in [0.2, 0.25) is 0 Å². The van der Waals surface area contributed by atoms with Crippen LogP contribution in [0.4, 0.5) is 0 Å². The van der Waals surface area contributed by atoms with E-state index in [-0.39, 0.29) is 16.3 Å². The van der Waals surface area contributed by atoms with Gasteiger partial charge in [0.25, 0.3) is 0 Å². The number of thioether (sulfide) groups is 1. The van der Waals surface area contributed by atoms with Crippen molar-refractivity contribution in [2.75, 3.05) is 26.3 Å². The molecule has 0 spiro atoms. The zero-order valence-electron chi connectivity index (χ0n) is 11.8. The minimum absolute atomic E-state index is 0.0764. The standard InChI is InChI=1S/C14H17NO4S2/c1-9(16)21-10-6-13(17)15(7-10)3-2-12-14-11(8-20-12)18-4-5-19-14/h8,10H,2-7H2,1H3. The van der Waals surface area contributed by atoms with Gasteiger partial charge in [-0.05, 0) is 0 Å². The van der Waals surface area contributed by atoms with Crippen molar-refractivity contribution in [1.82, 2.24) is 4.90 Å². The fraction of sp³-hybridized carbons (Fsp3) is 0.571. The number of hydrogen-bond donors (Lipinski definition) is 0. The molecule has 1 unspecified atom stereocenters. The van der Waals surface area contributed by atoms with E-state index >= 15 is 0 Å². The quantitative estimate of drug-likeness (QED) is 0.846. The van der Waals surface area contributed by atoms with E-state index in [4.69, 9.17) is 9.47 Å². The Balaban J connectivity index is 1.57. The summed E-state index contributed by atoms with van der Waals surface area (Å²) < 4.78 is 11.2. The van der Waals surface area contributed by atoms with Crippen LogP contribution in [0.1, 0.15) is 18.2 Å². The first-order valence-electron chi connectivity index (χ1n) is 6.94. The van der Waals surface area contributed by atoms with Gasteiger partial charge in [-0.15, -0.1) is 11.3 Å². The lowest BCUT2D eigenvalue weighted by Crippen LogP contribution is -2.28. The summed E-state index contributed by atoms with van der Waals surface area (Å²) >= 11 is 2.89. The van der Waals surface area contributed by atoms with Gasteiger partial charge >= 0.3 is 0 Å². The smallest absolute Gasteiger partial charge is 0.223 e. The molecule has 0 aliphatic carbocycles. The van der Waals surface area contributed by atoms with Crippen molar-refractivity contribution >= 4 is 34.1 Å². The molecule has 1 amide bonds. The van der Waals surface area contributed by atoms with Gasteiger partial charge in [-0.2, -0.15) is 0 Å². The van der Waals surface area contributed by atoms with Crippen molar-refractivity contribution in [3.63, 3.8) is 0 Å². The molecule has 1 saturated heterocycles. The molecule has 2 aliphatic rings. The zero-order valence-corrected chi connectivity index (χ0v) is 13.4. The third-order valence-electron chi connectivity index (χ3n) is 3.49. The van der Waals surface area contributed by atoms with Gasteiger partial charge in [-0.3, -0.25) is 9.59 Å². The fourth-order valence-electron chi connectivity index (χ4n) is 2.59. The highest BCUT2D eigenvalue weighted by Gasteiger charge is 2.31. The number of nitrogens with zero attached hydrogens (tertiary/aromatic N) is 1. The summed E-state index contributed by atoms with van der Waals surface area (Å²) in [5.41, 5.74) is 0. The van der Waals surface area contributed by atoms with Gasteiger partial charge in [0.2, 0.25) is 5.91 Å². The van der Waals surface area contributed by atoms with Gasteiger partial charge in [0, 0.05) is 43.5 Å². The van der Waals surface area contributed by atoms with E-state index in [1.807, 2.05) is 10.3 Å². The van der Waals surface area contributed by atoms with Crippen molar-refractivity contribution in [2.24, 2.45) is 0 Å². The maximum atomic E-state index is 12.0. The molecule has 0 N–H and O–H groups in total. The van der Waals surface area contributed by atoms with Gasteiger partial charge in [-0.1, -0.05) is 11.8 Å². The molecule has 2 aliphatic heterocycles. The van der Waals surface area contributed by atoms with Crippen molar-refractivity contribution in [3.05, 3.63) is 10.3 Å². The molecule has 114 valence electrons. The Morgan fingerprint density at radius 3 is 3.10 bits per heavy atom. The SMILES string of the molecule is CC(=O)SC1CC(=O)N(CCc2scc3c2OCCO3)C1. The van der Waals surface area contributed by atoms with E-state index < -0.39 is 0 Å². The minimum atomic E-state index is 0.0764. The minimum Gasteiger partial charge on any atom is -0.485 e. The lowest BCUT2D eigenvalue weighted by molar-refractivity contribution is -0.127. The first-order chi connectivity index (χ1) is 10.1. The molecule has 1 atom stereocenters. The number of ether oxygens (including phenoxy) is 2.